The molecule has 0 saturated heterocycles. The lowest BCUT2D eigenvalue weighted by Crippen LogP contribution is -2.63. The number of halogens is 10. The third kappa shape index (κ3) is 10.4. The second-order valence-electron chi connectivity index (χ2n) is 9.10. The Morgan fingerprint density at radius 2 is 1.21 bits per heavy atom. The fraction of sp³-hybridized carbons (Fsp3) is 0.556. The van der Waals surface area contributed by atoms with Gasteiger partial charge in [-0.05, 0) is 53.1 Å². The summed E-state index contributed by atoms with van der Waals surface area (Å²) in [5.74, 6) is -13.7. The van der Waals surface area contributed by atoms with Gasteiger partial charge >= 0.3 is 33.4 Å². The maximum Gasteiger partial charge on any atom is 0.460 e. The van der Waals surface area contributed by atoms with Crippen LogP contribution in [0.25, 0.3) is 11.1 Å². The smallest absolute Gasteiger partial charge is 0.460 e. The zero-order chi connectivity index (χ0) is 33.0. The van der Waals surface area contributed by atoms with Gasteiger partial charge in [-0.25, -0.2) is 4.89 Å². The highest BCUT2D eigenvalue weighted by Crippen LogP contribution is 2.55. The molecule has 0 aromatic heterocycles. The van der Waals surface area contributed by atoms with Gasteiger partial charge in [0.2, 0.25) is 0 Å². The summed E-state index contributed by atoms with van der Waals surface area (Å²) >= 11 is 2.39. The van der Waals surface area contributed by atoms with Gasteiger partial charge in [-0.3, -0.25) is 0 Å². The second-order valence-corrected chi connectivity index (χ2v) is 11.8. The summed E-state index contributed by atoms with van der Waals surface area (Å²) in [4.78, 5) is 3.50. The molecule has 0 aliphatic carbocycles. The van der Waals surface area contributed by atoms with E-state index in [4.69, 9.17) is 4.74 Å². The highest BCUT2D eigenvalue weighted by Gasteiger charge is 2.86. The van der Waals surface area contributed by atoms with E-state index in [0.717, 1.165) is 18.8 Å². The topological polar surface area (TPSA) is 61.8 Å². The molecule has 0 heterocycles. The molecular formula is C27H32F9IO5S. The van der Waals surface area contributed by atoms with Crippen LogP contribution < -0.4 is 4.74 Å². The number of hydrogen-bond donors (Lipinski definition) is 0. The van der Waals surface area contributed by atoms with Crippen molar-refractivity contribution in [3.63, 3.8) is 0 Å². The molecular weight excluding hydrogens is 734 g/mol. The molecule has 0 amide bonds. The van der Waals surface area contributed by atoms with Gasteiger partial charge < -0.3 is 4.74 Å². The molecule has 0 bridgehead atoms. The minimum absolute atomic E-state index is 0.0593. The van der Waals surface area contributed by atoms with E-state index < -0.39 is 40.0 Å². The Kier molecular flexibility index (Phi) is 15.6. The van der Waals surface area contributed by atoms with E-state index in [0.29, 0.717) is 0 Å². The van der Waals surface area contributed by atoms with E-state index in [2.05, 4.69) is 87.3 Å². The molecule has 0 spiro atoms. The lowest BCUT2D eigenvalue weighted by molar-refractivity contribution is -0.384. The molecule has 0 unspecified atom stereocenters. The summed E-state index contributed by atoms with van der Waals surface area (Å²) in [7, 11) is -6.92. The highest BCUT2D eigenvalue weighted by atomic mass is 127. The van der Waals surface area contributed by atoms with Crippen molar-refractivity contribution in [3.8, 4) is 16.9 Å². The van der Waals surface area contributed by atoms with Gasteiger partial charge in [0.25, 0.3) is 0 Å². The minimum Gasteiger partial charge on any atom is -0.493 e. The van der Waals surface area contributed by atoms with Crippen LogP contribution in [0.2, 0.25) is 0 Å². The first-order chi connectivity index (χ1) is 19.9. The molecule has 246 valence electrons. The SMILES string of the molecule is CCCCCCCCOc1ccccc1-c1ccccc1I.CCCOOS(=O)(=O)C(F)(F)C(F)(F)C(F)(F)C(F)(F)F. The van der Waals surface area contributed by atoms with Crippen LogP contribution in [-0.4, -0.2) is 44.9 Å². The average molecular weight is 767 g/mol. The van der Waals surface area contributed by atoms with Gasteiger partial charge in [0.05, 0.1) is 13.2 Å². The second kappa shape index (κ2) is 17.1. The van der Waals surface area contributed by atoms with Crippen LogP contribution in [0.3, 0.4) is 0 Å². The fourth-order valence-corrected chi connectivity index (χ4v) is 4.70. The lowest BCUT2D eigenvalue weighted by Gasteiger charge is -2.32. The van der Waals surface area contributed by atoms with Gasteiger partial charge in [0.1, 0.15) is 5.75 Å². The van der Waals surface area contributed by atoms with Crippen LogP contribution in [0.4, 0.5) is 39.5 Å². The largest absolute Gasteiger partial charge is 0.493 e. The van der Waals surface area contributed by atoms with Crippen LogP contribution in [0.1, 0.15) is 58.8 Å². The molecule has 0 aliphatic rings. The Balaban J connectivity index is 0.000000431. The lowest BCUT2D eigenvalue weighted by atomic mass is 10.0. The van der Waals surface area contributed by atoms with Crippen LogP contribution in [-0.2, 0) is 19.3 Å². The number of rotatable bonds is 16. The number of para-hydroxylation sites is 1. The molecule has 0 atom stereocenters. The Bertz CT molecular complexity index is 1230. The summed E-state index contributed by atoms with van der Waals surface area (Å²) in [6.07, 6.45) is 0.575. The van der Waals surface area contributed by atoms with Crippen molar-refractivity contribution in [2.45, 2.75) is 82.1 Å². The number of unbranched alkanes of at least 4 members (excludes halogenated alkanes) is 5. The van der Waals surface area contributed by atoms with Crippen LogP contribution in [0.5, 0.6) is 5.75 Å². The number of benzene rings is 2. The van der Waals surface area contributed by atoms with E-state index in [9.17, 15) is 47.9 Å². The molecule has 2 aromatic rings. The molecule has 5 nitrogen and oxygen atoms in total. The van der Waals surface area contributed by atoms with Gasteiger partial charge in [-0.2, -0.15) is 47.9 Å². The predicted molar refractivity (Wildman–Crippen MR) is 151 cm³/mol. The van der Waals surface area contributed by atoms with Crippen molar-refractivity contribution in [1.82, 2.24) is 0 Å². The zero-order valence-corrected chi connectivity index (χ0v) is 26.2. The summed E-state index contributed by atoms with van der Waals surface area (Å²) in [5.41, 5.74) is 2.44. The van der Waals surface area contributed by atoms with Crippen LogP contribution in [0, 0.1) is 3.57 Å². The van der Waals surface area contributed by atoms with Crippen molar-refractivity contribution in [2.24, 2.45) is 0 Å². The first-order valence-corrected chi connectivity index (χ1v) is 15.6. The number of ether oxygens (including phenoxy) is 1. The first-order valence-electron chi connectivity index (χ1n) is 13.1. The Labute approximate surface area is 258 Å². The Hall–Kier alpha value is -1.79. The van der Waals surface area contributed by atoms with Crippen LogP contribution in [0.15, 0.2) is 48.5 Å². The van der Waals surface area contributed by atoms with Gasteiger partial charge in [-0.15, -0.1) is 4.33 Å². The van der Waals surface area contributed by atoms with Crippen molar-refractivity contribution in [3.05, 3.63) is 52.1 Å². The Morgan fingerprint density at radius 1 is 0.674 bits per heavy atom. The molecule has 2 aromatic carbocycles. The monoisotopic (exact) mass is 766 g/mol. The van der Waals surface area contributed by atoms with Crippen molar-refractivity contribution in [1.29, 1.82) is 0 Å². The van der Waals surface area contributed by atoms with Gasteiger partial charge in [0.15, 0.2) is 0 Å². The summed E-state index contributed by atoms with van der Waals surface area (Å²) in [5, 5.41) is -6.90. The van der Waals surface area contributed by atoms with E-state index in [1.165, 1.54) is 53.7 Å². The van der Waals surface area contributed by atoms with E-state index in [1.54, 1.807) is 0 Å². The maximum absolute atomic E-state index is 12.9. The third-order valence-corrected chi connectivity index (χ3v) is 7.76. The normalized spacial score (nSPS) is 12.9. The van der Waals surface area contributed by atoms with Gasteiger partial charge in [0, 0.05) is 9.13 Å². The molecule has 0 aliphatic heterocycles. The van der Waals surface area contributed by atoms with Crippen molar-refractivity contribution < 1.29 is 61.9 Å². The van der Waals surface area contributed by atoms with Crippen molar-refractivity contribution in [2.75, 3.05) is 13.2 Å². The standard InChI is InChI=1S/C20H25IO.C7H7F9O4S/c1-2-3-4-5-6-11-16-22-20-15-10-8-13-18(20)17-12-7-9-14-19(17)21;1-2-3-19-20-21(17,18)7(15,16)5(10,11)4(8,9)6(12,13)14/h7-10,12-15H,2-6,11,16H2,1H3;2-3H2,1H3. The molecule has 43 heavy (non-hydrogen) atoms. The Morgan fingerprint density at radius 3 is 1.77 bits per heavy atom. The van der Waals surface area contributed by atoms with E-state index in [-0.39, 0.29) is 6.42 Å². The molecule has 0 N–H and O–H groups in total. The third-order valence-electron chi connectivity index (χ3n) is 5.66. The maximum atomic E-state index is 12.9. The minimum atomic E-state index is -7.33. The van der Waals surface area contributed by atoms with E-state index in [1.807, 2.05) is 0 Å². The summed E-state index contributed by atoms with van der Waals surface area (Å²) in [6.45, 7) is 3.63. The van der Waals surface area contributed by atoms with Crippen molar-refractivity contribution >= 4 is 32.7 Å². The highest BCUT2D eigenvalue weighted by molar-refractivity contribution is 14.1. The molecule has 2 rings (SSSR count). The first kappa shape index (κ1) is 39.2. The molecule has 0 fully saturated rings. The molecule has 16 heteroatoms. The quantitative estimate of drug-likeness (QED) is 0.0560. The molecule has 0 saturated carbocycles. The molecule has 0 radical (unpaired) electrons. The predicted octanol–water partition coefficient (Wildman–Crippen LogP) is 9.80. The fourth-order valence-electron chi connectivity index (χ4n) is 3.30. The average Bonchev–Trinajstić information content (AvgIpc) is 2.92. The zero-order valence-electron chi connectivity index (χ0n) is 23.2. The van der Waals surface area contributed by atoms with E-state index >= 15 is 0 Å². The summed E-state index contributed by atoms with van der Waals surface area (Å²) in [6, 6.07) is 16.8. The summed E-state index contributed by atoms with van der Waals surface area (Å²) < 4.78 is 143. The number of hydrogen-bond acceptors (Lipinski definition) is 5. The van der Waals surface area contributed by atoms with Gasteiger partial charge in [-0.1, -0.05) is 82.3 Å². The van der Waals surface area contributed by atoms with Crippen LogP contribution >= 0.6 is 22.6 Å². The number of alkyl halides is 9.